The maximum absolute atomic E-state index is 12.5. The number of amides is 1. The number of nitrogens with one attached hydrogen (secondary N) is 1. The van der Waals surface area contributed by atoms with Crippen molar-refractivity contribution < 1.29 is 14.1 Å². The fraction of sp³-hybridized carbons (Fsp3) is 0.474. The summed E-state index contributed by atoms with van der Waals surface area (Å²) in [6.45, 7) is 8.16. The maximum Gasteiger partial charge on any atom is 0.273 e. The lowest BCUT2D eigenvalue weighted by Gasteiger charge is -2.42. The van der Waals surface area contributed by atoms with Gasteiger partial charge in [0.1, 0.15) is 0 Å². The summed E-state index contributed by atoms with van der Waals surface area (Å²) in [4.78, 5) is 14.8. The van der Waals surface area contributed by atoms with Gasteiger partial charge in [-0.05, 0) is 13.3 Å². The molecular formula is C19H25N3O3. The lowest BCUT2D eigenvalue weighted by atomic mass is 9.95. The Balaban J connectivity index is 1.63. The molecule has 0 aliphatic carbocycles. The number of ether oxygens (including phenoxy) is 1. The van der Waals surface area contributed by atoms with E-state index in [0.29, 0.717) is 18.0 Å². The number of hydrogen-bond donors (Lipinski definition) is 1. The molecule has 25 heavy (non-hydrogen) atoms. The molecule has 6 nitrogen and oxygen atoms in total. The molecule has 1 aliphatic rings. The smallest absolute Gasteiger partial charge is 0.273 e. The SMILES string of the molecule is CCC(C)(CNC(=O)c1cc(-c2ccccc2)on1)N1CCOCC1. The van der Waals surface area contributed by atoms with Gasteiger partial charge in [0.25, 0.3) is 5.91 Å². The van der Waals surface area contributed by atoms with Crippen LogP contribution in [0.1, 0.15) is 30.8 Å². The Bertz CT molecular complexity index is 695. The van der Waals surface area contributed by atoms with E-state index in [4.69, 9.17) is 9.26 Å². The number of morpholine rings is 1. The van der Waals surface area contributed by atoms with E-state index in [9.17, 15) is 4.79 Å². The van der Waals surface area contributed by atoms with Gasteiger partial charge in [0, 0.05) is 36.8 Å². The highest BCUT2D eigenvalue weighted by atomic mass is 16.5. The van der Waals surface area contributed by atoms with E-state index in [1.807, 2.05) is 30.3 Å². The molecule has 0 bridgehead atoms. The molecule has 0 radical (unpaired) electrons. The highest BCUT2D eigenvalue weighted by Gasteiger charge is 2.32. The first kappa shape index (κ1) is 17.6. The summed E-state index contributed by atoms with van der Waals surface area (Å²) in [5, 5.41) is 6.92. The zero-order valence-corrected chi connectivity index (χ0v) is 14.8. The van der Waals surface area contributed by atoms with Crippen molar-refractivity contribution in [2.24, 2.45) is 0 Å². The highest BCUT2D eigenvalue weighted by Crippen LogP contribution is 2.21. The molecule has 1 aliphatic heterocycles. The Hall–Kier alpha value is -2.18. The van der Waals surface area contributed by atoms with Gasteiger partial charge in [-0.2, -0.15) is 0 Å². The van der Waals surface area contributed by atoms with Crippen LogP contribution in [0.15, 0.2) is 40.9 Å². The highest BCUT2D eigenvalue weighted by molar-refractivity contribution is 5.93. The average molecular weight is 343 g/mol. The largest absolute Gasteiger partial charge is 0.379 e. The number of nitrogens with zero attached hydrogens (tertiary/aromatic N) is 2. The molecule has 0 saturated carbocycles. The number of rotatable bonds is 6. The number of carbonyl (C=O) groups excluding carboxylic acids is 1. The fourth-order valence-corrected chi connectivity index (χ4v) is 3.05. The molecule has 1 aromatic carbocycles. The second kappa shape index (κ2) is 7.80. The van der Waals surface area contributed by atoms with Crippen LogP contribution < -0.4 is 5.32 Å². The molecule has 1 saturated heterocycles. The monoisotopic (exact) mass is 343 g/mol. The minimum absolute atomic E-state index is 0.0918. The van der Waals surface area contributed by atoms with Crippen LogP contribution in [0.25, 0.3) is 11.3 Å². The molecule has 1 atom stereocenters. The van der Waals surface area contributed by atoms with Crippen molar-refractivity contribution in [1.29, 1.82) is 0 Å². The van der Waals surface area contributed by atoms with Crippen LogP contribution in [0, 0.1) is 0 Å². The van der Waals surface area contributed by atoms with Crippen molar-refractivity contribution >= 4 is 5.91 Å². The quantitative estimate of drug-likeness (QED) is 0.873. The van der Waals surface area contributed by atoms with E-state index in [1.54, 1.807) is 6.07 Å². The summed E-state index contributed by atoms with van der Waals surface area (Å²) in [6, 6.07) is 11.3. The van der Waals surface area contributed by atoms with Crippen molar-refractivity contribution in [1.82, 2.24) is 15.4 Å². The summed E-state index contributed by atoms with van der Waals surface area (Å²) >= 11 is 0. The van der Waals surface area contributed by atoms with Crippen LogP contribution in [-0.4, -0.2) is 54.4 Å². The van der Waals surface area contributed by atoms with Crippen LogP contribution in [0.3, 0.4) is 0 Å². The molecular weight excluding hydrogens is 318 g/mol. The first-order chi connectivity index (χ1) is 12.1. The van der Waals surface area contributed by atoms with Crippen LogP contribution in [0.5, 0.6) is 0 Å². The van der Waals surface area contributed by atoms with E-state index in [-0.39, 0.29) is 11.4 Å². The van der Waals surface area contributed by atoms with E-state index >= 15 is 0 Å². The third-order valence-corrected chi connectivity index (χ3v) is 4.97. The first-order valence-corrected chi connectivity index (χ1v) is 8.75. The van der Waals surface area contributed by atoms with Crippen molar-refractivity contribution in [3.63, 3.8) is 0 Å². The van der Waals surface area contributed by atoms with Gasteiger partial charge >= 0.3 is 0 Å². The maximum atomic E-state index is 12.5. The standard InChI is InChI=1S/C19H25N3O3/c1-3-19(2,22-9-11-24-12-10-22)14-20-18(23)16-13-17(25-21-16)15-7-5-4-6-8-15/h4-8,13H,3,9-12,14H2,1-2H3,(H,20,23). The van der Waals surface area contributed by atoms with Gasteiger partial charge in [0.2, 0.25) is 0 Å². The minimum atomic E-state index is -0.209. The minimum Gasteiger partial charge on any atom is -0.379 e. The second-order valence-electron chi connectivity index (χ2n) is 6.58. The summed E-state index contributed by atoms with van der Waals surface area (Å²) in [5.41, 5.74) is 1.12. The normalized spacial score (nSPS) is 17.8. The predicted molar refractivity (Wildman–Crippen MR) is 95.4 cm³/mol. The van der Waals surface area contributed by atoms with Gasteiger partial charge in [-0.25, -0.2) is 0 Å². The molecule has 1 N–H and O–H groups in total. The van der Waals surface area contributed by atoms with Crippen LogP contribution >= 0.6 is 0 Å². The van der Waals surface area contributed by atoms with Gasteiger partial charge < -0.3 is 14.6 Å². The van der Waals surface area contributed by atoms with Gasteiger partial charge in [0.05, 0.1) is 13.2 Å². The summed E-state index contributed by atoms with van der Waals surface area (Å²) in [7, 11) is 0. The van der Waals surface area contributed by atoms with E-state index in [1.165, 1.54) is 0 Å². The second-order valence-corrected chi connectivity index (χ2v) is 6.58. The van der Waals surface area contributed by atoms with E-state index in [0.717, 1.165) is 38.3 Å². The van der Waals surface area contributed by atoms with Gasteiger partial charge in [0.15, 0.2) is 11.5 Å². The molecule has 2 heterocycles. The molecule has 1 fully saturated rings. The Morgan fingerprint density at radius 2 is 2.00 bits per heavy atom. The summed E-state index contributed by atoms with van der Waals surface area (Å²) in [6.07, 6.45) is 0.946. The van der Waals surface area contributed by atoms with Gasteiger partial charge in [-0.15, -0.1) is 0 Å². The molecule has 3 rings (SSSR count). The molecule has 2 aromatic rings. The molecule has 134 valence electrons. The molecule has 0 spiro atoms. The Morgan fingerprint density at radius 3 is 2.68 bits per heavy atom. The topological polar surface area (TPSA) is 67.6 Å². The predicted octanol–water partition coefficient (Wildman–Crippen LogP) is 2.57. The average Bonchev–Trinajstić information content (AvgIpc) is 3.17. The van der Waals surface area contributed by atoms with Crippen LogP contribution in [0.4, 0.5) is 0 Å². The van der Waals surface area contributed by atoms with Crippen LogP contribution in [0.2, 0.25) is 0 Å². The zero-order valence-electron chi connectivity index (χ0n) is 14.8. The summed E-state index contributed by atoms with van der Waals surface area (Å²) < 4.78 is 10.7. The third kappa shape index (κ3) is 4.08. The van der Waals surface area contributed by atoms with Crippen LogP contribution in [-0.2, 0) is 4.74 Å². The fourth-order valence-electron chi connectivity index (χ4n) is 3.05. The zero-order chi connectivity index (χ0) is 17.7. The third-order valence-electron chi connectivity index (χ3n) is 4.97. The first-order valence-electron chi connectivity index (χ1n) is 8.75. The van der Waals surface area contributed by atoms with E-state index < -0.39 is 0 Å². The summed E-state index contributed by atoms with van der Waals surface area (Å²) in [5.74, 6) is 0.385. The van der Waals surface area contributed by atoms with Gasteiger partial charge in [-0.1, -0.05) is 42.4 Å². The molecule has 1 amide bonds. The lowest BCUT2D eigenvalue weighted by Crippen LogP contribution is -2.56. The van der Waals surface area contributed by atoms with Crippen molar-refractivity contribution in [3.05, 3.63) is 42.1 Å². The Morgan fingerprint density at radius 1 is 1.28 bits per heavy atom. The molecule has 6 heteroatoms. The number of carbonyl (C=O) groups is 1. The van der Waals surface area contributed by atoms with Crippen molar-refractivity contribution in [2.45, 2.75) is 25.8 Å². The molecule has 1 unspecified atom stereocenters. The van der Waals surface area contributed by atoms with Crippen molar-refractivity contribution in [2.75, 3.05) is 32.8 Å². The van der Waals surface area contributed by atoms with Crippen molar-refractivity contribution in [3.8, 4) is 11.3 Å². The molecule has 1 aromatic heterocycles. The van der Waals surface area contributed by atoms with E-state index in [2.05, 4.69) is 29.2 Å². The lowest BCUT2D eigenvalue weighted by molar-refractivity contribution is -0.0169. The number of hydrogen-bond acceptors (Lipinski definition) is 5. The van der Waals surface area contributed by atoms with Gasteiger partial charge in [-0.3, -0.25) is 9.69 Å². The Labute approximate surface area is 148 Å². The number of aromatic nitrogens is 1. The Kier molecular flexibility index (Phi) is 5.50. The number of benzene rings is 1.